The molecule has 1 aliphatic rings. The van der Waals surface area contributed by atoms with Crippen LogP contribution >= 0.6 is 0 Å². The molecule has 0 bridgehead atoms. The smallest absolute Gasteiger partial charge is 0.330 e. The summed E-state index contributed by atoms with van der Waals surface area (Å²) < 4.78 is 37.7. The molecule has 1 rings (SSSR count). The first-order valence-corrected chi connectivity index (χ1v) is 7.50. The summed E-state index contributed by atoms with van der Waals surface area (Å²) in [4.78, 5) is 38.0. The zero-order valence-corrected chi connectivity index (χ0v) is 14.0. The molecule has 8 heteroatoms. The van der Waals surface area contributed by atoms with Crippen LogP contribution in [0, 0.1) is 11.3 Å². The Bertz CT molecular complexity index is 503. The second kappa shape index (κ2) is 6.49. The summed E-state index contributed by atoms with van der Waals surface area (Å²) in [5, 5.41) is 0. The number of rotatable bonds is 5. The highest BCUT2D eigenvalue weighted by molar-refractivity contribution is 6.07. The van der Waals surface area contributed by atoms with Crippen molar-refractivity contribution in [1.29, 1.82) is 0 Å². The van der Waals surface area contributed by atoms with Crippen LogP contribution in [0.1, 0.15) is 41.0 Å². The van der Waals surface area contributed by atoms with Crippen LogP contribution in [0.3, 0.4) is 0 Å². The number of carbonyl (C=O) groups excluding carboxylic acids is 3. The molecule has 3 amide bonds. The van der Waals surface area contributed by atoms with E-state index in [0.29, 0.717) is 4.90 Å². The average molecular weight is 336 g/mol. The van der Waals surface area contributed by atoms with Crippen LogP contribution < -0.4 is 0 Å². The van der Waals surface area contributed by atoms with Crippen molar-refractivity contribution < 1.29 is 27.6 Å². The Labute approximate surface area is 133 Å². The first-order valence-electron chi connectivity index (χ1n) is 7.50. The lowest BCUT2D eigenvalue weighted by molar-refractivity contribution is -0.166. The molecule has 0 aromatic carbocycles. The van der Waals surface area contributed by atoms with Crippen molar-refractivity contribution in [2.75, 3.05) is 13.1 Å². The molecule has 0 spiro atoms. The number of alkyl halides is 3. The highest BCUT2D eigenvalue weighted by atomic mass is 19.4. The third kappa shape index (κ3) is 4.23. The number of likely N-dealkylation sites (tertiary alicyclic amines) is 1. The molecule has 0 radical (unpaired) electrons. The molecule has 1 aliphatic heterocycles. The Morgan fingerprint density at radius 3 is 2.13 bits per heavy atom. The summed E-state index contributed by atoms with van der Waals surface area (Å²) in [6.07, 6.45) is -4.57. The molecule has 1 fully saturated rings. The van der Waals surface area contributed by atoms with Crippen molar-refractivity contribution in [3.63, 3.8) is 0 Å². The third-order valence-corrected chi connectivity index (χ3v) is 4.41. The minimum absolute atomic E-state index is 0.0300. The lowest BCUT2D eigenvalue weighted by Crippen LogP contribution is -2.49. The van der Waals surface area contributed by atoms with Gasteiger partial charge in [0.15, 0.2) is 0 Å². The molecule has 0 saturated carbocycles. The minimum Gasteiger partial charge on any atom is -0.330 e. The van der Waals surface area contributed by atoms with Gasteiger partial charge in [0, 0.05) is 12.5 Å². The standard InChI is InChI=1S/C15H23F3N2O3/c1-9(2)14(5)6-11(21)19(13(14)23)7-12(22)20(10(3)4)8-15(16,17)18/h9-10H,6-8H2,1-5H3/t14-/m1/s1. The molecule has 5 nitrogen and oxygen atoms in total. The van der Waals surface area contributed by atoms with E-state index in [1.165, 1.54) is 13.8 Å². The Kier molecular flexibility index (Phi) is 5.49. The van der Waals surface area contributed by atoms with E-state index in [0.717, 1.165) is 4.90 Å². The Hall–Kier alpha value is -1.60. The number of carbonyl (C=O) groups is 3. The number of amides is 3. The third-order valence-electron chi connectivity index (χ3n) is 4.41. The van der Waals surface area contributed by atoms with E-state index in [-0.39, 0.29) is 12.3 Å². The fourth-order valence-electron chi connectivity index (χ4n) is 2.50. The lowest BCUT2D eigenvalue weighted by atomic mass is 9.78. The van der Waals surface area contributed by atoms with Gasteiger partial charge in [0.1, 0.15) is 13.1 Å². The molecule has 23 heavy (non-hydrogen) atoms. The maximum atomic E-state index is 12.6. The number of nitrogens with zero attached hydrogens (tertiary/aromatic N) is 2. The van der Waals surface area contributed by atoms with Gasteiger partial charge in [-0.25, -0.2) is 0 Å². The summed E-state index contributed by atoms with van der Waals surface area (Å²) in [6.45, 7) is 6.08. The molecule has 132 valence electrons. The first kappa shape index (κ1) is 19.4. The normalized spacial score (nSPS) is 22.4. The SMILES string of the molecule is CC(C)N(CC(F)(F)F)C(=O)CN1C(=O)C[C@](C)(C(C)C)C1=O. The summed E-state index contributed by atoms with van der Waals surface area (Å²) in [7, 11) is 0. The van der Waals surface area contributed by atoms with Gasteiger partial charge >= 0.3 is 6.18 Å². The molecule has 1 atom stereocenters. The maximum Gasteiger partial charge on any atom is 0.406 e. The predicted molar refractivity (Wildman–Crippen MR) is 77.2 cm³/mol. The summed E-state index contributed by atoms with van der Waals surface area (Å²) >= 11 is 0. The van der Waals surface area contributed by atoms with E-state index in [1.54, 1.807) is 20.8 Å². The first-order chi connectivity index (χ1) is 10.3. The van der Waals surface area contributed by atoms with E-state index in [4.69, 9.17) is 0 Å². The van der Waals surface area contributed by atoms with Gasteiger partial charge in [-0.15, -0.1) is 0 Å². The topological polar surface area (TPSA) is 57.7 Å². The molecule has 0 aromatic heterocycles. The fraction of sp³-hybridized carbons (Fsp3) is 0.800. The highest BCUT2D eigenvalue weighted by Gasteiger charge is 2.50. The van der Waals surface area contributed by atoms with Crippen LogP contribution in [0.15, 0.2) is 0 Å². The van der Waals surface area contributed by atoms with Crippen molar-refractivity contribution in [2.45, 2.75) is 53.3 Å². The predicted octanol–water partition coefficient (Wildman–Crippen LogP) is 2.21. The van der Waals surface area contributed by atoms with Gasteiger partial charge in [-0.05, 0) is 26.7 Å². The zero-order valence-electron chi connectivity index (χ0n) is 14.0. The fourth-order valence-corrected chi connectivity index (χ4v) is 2.50. The van der Waals surface area contributed by atoms with Crippen LogP contribution in [0.5, 0.6) is 0 Å². The van der Waals surface area contributed by atoms with Crippen molar-refractivity contribution >= 4 is 17.7 Å². The molecule has 0 unspecified atom stereocenters. The van der Waals surface area contributed by atoms with E-state index in [9.17, 15) is 27.6 Å². The van der Waals surface area contributed by atoms with Crippen LogP contribution in [0.25, 0.3) is 0 Å². The molecule has 0 N–H and O–H groups in total. The number of imide groups is 1. The molecule has 1 heterocycles. The summed E-state index contributed by atoms with van der Waals surface area (Å²) in [6, 6.07) is -0.687. The van der Waals surface area contributed by atoms with Crippen LogP contribution in [-0.4, -0.2) is 52.8 Å². The molecular formula is C15H23F3N2O3. The van der Waals surface area contributed by atoms with E-state index in [2.05, 4.69) is 0 Å². The molecule has 1 saturated heterocycles. The minimum atomic E-state index is -4.54. The van der Waals surface area contributed by atoms with Gasteiger partial charge in [0.05, 0.1) is 5.41 Å². The van der Waals surface area contributed by atoms with Gasteiger partial charge in [-0.1, -0.05) is 13.8 Å². The Morgan fingerprint density at radius 2 is 1.78 bits per heavy atom. The largest absolute Gasteiger partial charge is 0.406 e. The molecule has 0 aliphatic carbocycles. The van der Waals surface area contributed by atoms with Gasteiger partial charge in [-0.2, -0.15) is 13.2 Å². The van der Waals surface area contributed by atoms with Crippen molar-refractivity contribution in [2.24, 2.45) is 11.3 Å². The highest BCUT2D eigenvalue weighted by Crippen LogP contribution is 2.39. The van der Waals surface area contributed by atoms with Crippen LogP contribution in [-0.2, 0) is 14.4 Å². The monoisotopic (exact) mass is 336 g/mol. The Balaban J connectivity index is 2.91. The number of hydrogen-bond acceptors (Lipinski definition) is 3. The van der Waals surface area contributed by atoms with Crippen LogP contribution in [0.4, 0.5) is 13.2 Å². The maximum absolute atomic E-state index is 12.6. The van der Waals surface area contributed by atoms with Crippen molar-refractivity contribution in [1.82, 2.24) is 9.80 Å². The summed E-state index contributed by atoms with van der Waals surface area (Å²) in [5.41, 5.74) is -0.913. The zero-order chi connectivity index (χ0) is 18.2. The van der Waals surface area contributed by atoms with Crippen molar-refractivity contribution in [3.8, 4) is 0 Å². The second-order valence-corrected chi connectivity index (χ2v) is 6.76. The number of hydrogen-bond donors (Lipinski definition) is 0. The van der Waals surface area contributed by atoms with E-state index in [1.807, 2.05) is 0 Å². The van der Waals surface area contributed by atoms with Crippen molar-refractivity contribution in [3.05, 3.63) is 0 Å². The molecule has 0 aromatic rings. The average Bonchev–Trinajstić information content (AvgIpc) is 2.59. The lowest BCUT2D eigenvalue weighted by Gasteiger charge is -2.30. The van der Waals surface area contributed by atoms with Gasteiger partial charge in [0.25, 0.3) is 0 Å². The number of halogens is 3. The Morgan fingerprint density at radius 1 is 1.26 bits per heavy atom. The summed E-state index contributed by atoms with van der Waals surface area (Å²) in [5.74, 6) is -2.01. The quantitative estimate of drug-likeness (QED) is 0.723. The van der Waals surface area contributed by atoms with E-state index < -0.39 is 48.4 Å². The van der Waals surface area contributed by atoms with Gasteiger partial charge in [-0.3, -0.25) is 19.3 Å². The van der Waals surface area contributed by atoms with Gasteiger partial charge < -0.3 is 4.90 Å². The van der Waals surface area contributed by atoms with E-state index >= 15 is 0 Å². The molecular weight excluding hydrogens is 313 g/mol. The van der Waals surface area contributed by atoms with Gasteiger partial charge in [0.2, 0.25) is 17.7 Å². The second-order valence-electron chi connectivity index (χ2n) is 6.76. The van der Waals surface area contributed by atoms with Crippen LogP contribution in [0.2, 0.25) is 0 Å².